The molecule has 5 nitrogen and oxygen atoms in total. The molecule has 24 heavy (non-hydrogen) atoms. The van der Waals surface area contributed by atoms with E-state index >= 15 is 0 Å². The largest absolute Gasteiger partial charge is 0.489 e. The number of halogens is 1. The van der Waals surface area contributed by atoms with E-state index in [9.17, 15) is 4.39 Å². The zero-order valence-electron chi connectivity index (χ0n) is 14.1. The van der Waals surface area contributed by atoms with E-state index < -0.39 is 6.67 Å². The van der Waals surface area contributed by atoms with Crippen molar-refractivity contribution in [3.63, 3.8) is 0 Å². The third kappa shape index (κ3) is 4.32. The molecule has 1 N–H and O–H groups in total. The Morgan fingerprint density at radius 3 is 3.04 bits per heavy atom. The van der Waals surface area contributed by atoms with Crippen LogP contribution in [0.15, 0.2) is 30.6 Å². The molecule has 0 bridgehead atoms. The van der Waals surface area contributed by atoms with Crippen molar-refractivity contribution in [1.82, 2.24) is 20.1 Å². The molecule has 0 radical (unpaired) electrons. The summed E-state index contributed by atoms with van der Waals surface area (Å²) in [6.07, 6.45) is 6.14. The Bertz CT molecular complexity index is 645. The SMILES string of the molecule is Cc1cccc(OC2CCCCC2NCc2ncnn2CCF)c1. The molecule has 0 aliphatic heterocycles. The standard InChI is InChI=1S/C18H25FN4O/c1-14-5-4-6-15(11-14)24-17-8-3-2-7-16(17)20-12-18-21-13-22-23(18)10-9-19/h4-6,11,13,16-17,20H,2-3,7-10,12H2,1H3. The smallest absolute Gasteiger partial charge is 0.140 e. The first-order chi connectivity index (χ1) is 11.8. The predicted molar refractivity (Wildman–Crippen MR) is 90.7 cm³/mol. The van der Waals surface area contributed by atoms with Gasteiger partial charge in [-0.3, -0.25) is 0 Å². The first kappa shape index (κ1) is 16.9. The van der Waals surface area contributed by atoms with Crippen LogP contribution < -0.4 is 10.1 Å². The van der Waals surface area contributed by atoms with Crippen LogP contribution in [0.3, 0.4) is 0 Å². The fourth-order valence-electron chi connectivity index (χ4n) is 3.25. The Labute approximate surface area is 142 Å². The Kier molecular flexibility index (Phi) is 5.80. The molecule has 1 aromatic heterocycles. The molecule has 0 saturated heterocycles. The lowest BCUT2D eigenvalue weighted by Gasteiger charge is -2.32. The summed E-state index contributed by atoms with van der Waals surface area (Å²) in [7, 11) is 0. The summed E-state index contributed by atoms with van der Waals surface area (Å²) in [5, 5.41) is 7.60. The van der Waals surface area contributed by atoms with Crippen molar-refractivity contribution >= 4 is 0 Å². The molecule has 1 aromatic carbocycles. The molecular weight excluding hydrogens is 307 g/mol. The van der Waals surface area contributed by atoms with Crippen LogP contribution in [0.4, 0.5) is 4.39 Å². The Morgan fingerprint density at radius 1 is 1.33 bits per heavy atom. The second-order valence-corrected chi connectivity index (χ2v) is 6.33. The van der Waals surface area contributed by atoms with Crippen molar-refractivity contribution < 1.29 is 9.13 Å². The third-order valence-corrected chi connectivity index (χ3v) is 4.49. The first-order valence-electron chi connectivity index (χ1n) is 8.65. The number of hydrogen-bond acceptors (Lipinski definition) is 4. The number of rotatable bonds is 7. The lowest BCUT2D eigenvalue weighted by Crippen LogP contribution is -2.45. The van der Waals surface area contributed by atoms with Gasteiger partial charge < -0.3 is 10.1 Å². The average Bonchev–Trinajstić information content (AvgIpc) is 3.02. The lowest BCUT2D eigenvalue weighted by molar-refractivity contribution is 0.112. The first-order valence-corrected chi connectivity index (χ1v) is 8.65. The molecule has 0 amide bonds. The van der Waals surface area contributed by atoms with Crippen LogP contribution in [0.25, 0.3) is 0 Å². The van der Waals surface area contributed by atoms with Gasteiger partial charge in [-0.15, -0.1) is 0 Å². The third-order valence-electron chi connectivity index (χ3n) is 4.49. The minimum absolute atomic E-state index is 0.151. The van der Waals surface area contributed by atoms with E-state index in [2.05, 4.69) is 34.5 Å². The quantitative estimate of drug-likeness (QED) is 0.847. The lowest BCUT2D eigenvalue weighted by atomic mass is 9.92. The molecule has 6 heteroatoms. The van der Waals surface area contributed by atoms with Crippen LogP contribution >= 0.6 is 0 Å². The fraction of sp³-hybridized carbons (Fsp3) is 0.556. The van der Waals surface area contributed by atoms with Gasteiger partial charge in [0.25, 0.3) is 0 Å². The minimum atomic E-state index is -0.432. The highest BCUT2D eigenvalue weighted by atomic mass is 19.1. The Balaban J connectivity index is 1.61. The van der Waals surface area contributed by atoms with Crippen LogP contribution in [-0.2, 0) is 13.1 Å². The van der Waals surface area contributed by atoms with Crippen LogP contribution in [0, 0.1) is 6.92 Å². The van der Waals surface area contributed by atoms with Gasteiger partial charge in [0.05, 0.1) is 13.1 Å². The van der Waals surface area contributed by atoms with Gasteiger partial charge in [0, 0.05) is 6.04 Å². The Morgan fingerprint density at radius 2 is 2.21 bits per heavy atom. The van der Waals surface area contributed by atoms with Gasteiger partial charge in [0.1, 0.15) is 30.7 Å². The van der Waals surface area contributed by atoms with E-state index in [-0.39, 0.29) is 18.7 Å². The van der Waals surface area contributed by atoms with Crippen molar-refractivity contribution in [1.29, 1.82) is 0 Å². The highest BCUT2D eigenvalue weighted by Crippen LogP contribution is 2.24. The van der Waals surface area contributed by atoms with Gasteiger partial charge in [-0.05, 0) is 43.9 Å². The van der Waals surface area contributed by atoms with Crippen LogP contribution in [0.2, 0.25) is 0 Å². The maximum absolute atomic E-state index is 12.5. The van der Waals surface area contributed by atoms with Gasteiger partial charge >= 0.3 is 0 Å². The summed E-state index contributed by atoms with van der Waals surface area (Å²) in [6, 6.07) is 8.45. The molecule has 3 rings (SSSR count). The van der Waals surface area contributed by atoms with E-state index in [4.69, 9.17) is 4.74 Å². The summed E-state index contributed by atoms with van der Waals surface area (Å²) in [6.45, 7) is 2.48. The normalized spacial score (nSPS) is 20.9. The number of ether oxygens (including phenoxy) is 1. The molecule has 0 spiro atoms. The number of aryl methyl sites for hydroxylation is 2. The summed E-state index contributed by atoms with van der Waals surface area (Å²) >= 11 is 0. The fourth-order valence-corrected chi connectivity index (χ4v) is 3.25. The van der Waals surface area contributed by atoms with Gasteiger partial charge in [0.15, 0.2) is 0 Å². The Hall–Kier alpha value is -1.95. The summed E-state index contributed by atoms with van der Waals surface area (Å²) in [5.74, 6) is 1.70. The number of nitrogens with zero attached hydrogens (tertiary/aromatic N) is 3. The number of nitrogens with one attached hydrogen (secondary N) is 1. The number of alkyl halides is 1. The van der Waals surface area contributed by atoms with Crippen molar-refractivity contribution in [2.45, 2.75) is 57.8 Å². The molecule has 2 unspecified atom stereocenters. The predicted octanol–water partition coefficient (Wildman–Crippen LogP) is 3.04. The van der Waals surface area contributed by atoms with Crippen LogP contribution in [0.5, 0.6) is 5.75 Å². The van der Waals surface area contributed by atoms with Crippen LogP contribution in [-0.4, -0.2) is 33.6 Å². The van der Waals surface area contributed by atoms with Gasteiger partial charge in [-0.1, -0.05) is 18.6 Å². The van der Waals surface area contributed by atoms with E-state index in [1.54, 1.807) is 4.68 Å². The van der Waals surface area contributed by atoms with E-state index in [1.165, 1.54) is 24.7 Å². The van der Waals surface area contributed by atoms with Crippen molar-refractivity contribution in [2.75, 3.05) is 6.67 Å². The van der Waals surface area contributed by atoms with Crippen molar-refractivity contribution in [2.24, 2.45) is 0 Å². The maximum atomic E-state index is 12.5. The minimum Gasteiger partial charge on any atom is -0.489 e. The number of aromatic nitrogens is 3. The van der Waals surface area contributed by atoms with E-state index in [1.807, 2.05) is 12.1 Å². The maximum Gasteiger partial charge on any atom is 0.140 e. The second-order valence-electron chi connectivity index (χ2n) is 6.33. The van der Waals surface area contributed by atoms with Crippen molar-refractivity contribution in [3.8, 4) is 5.75 Å². The zero-order chi connectivity index (χ0) is 16.8. The second kappa shape index (κ2) is 8.24. The van der Waals surface area contributed by atoms with E-state index in [0.29, 0.717) is 6.54 Å². The number of benzene rings is 1. The van der Waals surface area contributed by atoms with E-state index in [0.717, 1.165) is 24.4 Å². The zero-order valence-corrected chi connectivity index (χ0v) is 14.1. The molecule has 130 valence electrons. The molecule has 1 aliphatic carbocycles. The number of hydrogen-bond donors (Lipinski definition) is 1. The molecule has 1 fully saturated rings. The molecule has 2 atom stereocenters. The highest BCUT2D eigenvalue weighted by Gasteiger charge is 2.26. The summed E-state index contributed by atoms with van der Waals surface area (Å²) in [5.41, 5.74) is 1.20. The van der Waals surface area contributed by atoms with Gasteiger partial charge in [0.2, 0.25) is 0 Å². The van der Waals surface area contributed by atoms with Crippen LogP contribution in [0.1, 0.15) is 37.1 Å². The summed E-state index contributed by atoms with van der Waals surface area (Å²) in [4.78, 5) is 4.22. The summed E-state index contributed by atoms with van der Waals surface area (Å²) < 4.78 is 20.4. The molecule has 1 aliphatic rings. The van der Waals surface area contributed by atoms with Gasteiger partial charge in [-0.2, -0.15) is 5.10 Å². The molecule has 2 aromatic rings. The average molecular weight is 332 g/mol. The van der Waals surface area contributed by atoms with Crippen molar-refractivity contribution in [3.05, 3.63) is 42.0 Å². The highest BCUT2D eigenvalue weighted by molar-refractivity contribution is 5.27. The molecule has 1 heterocycles. The monoisotopic (exact) mass is 332 g/mol. The topological polar surface area (TPSA) is 52.0 Å². The molecule has 1 saturated carbocycles. The molecular formula is C18H25FN4O. The van der Waals surface area contributed by atoms with Gasteiger partial charge in [-0.25, -0.2) is 14.1 Å².